The summed E-state index contributed by atoms with van der Waals surface area (Å²) >= 11 is 0. The van der Waals surface area contributed by atoms with E-state index in [0.717, 1.165) is 12.1 Å². The van der Waals surface area contributed by atoms with Crippen molar-refractivity contribution in [2.24, 2.45) is 0 Å². The van der Waals surface area contributed by atoms with Crippen molar-refractivity contribution >= 4 is 22.2 Å². The Bertz CT molecular complexity index is 1860. The monoisotopic (exact) mass is 553 g/mol. The van der Waals surface area contributed by atoms with E-state index in [1.54, 1.807) is 0 Å². The van der Waals surface area contributed by atoms with E-state index in [2.05, 4.69) is 24.9 Å². The van der Waals surface area contributed by atoms with Gasteiger partial charge in [0.2, 0.25) is 17.5 Å². The minimum atomic E-state index is -2.46. The minimum Gasteiger partial charge on any atom is -0.433 e. The molecule has 7 nitrogen and oxygen atoms in total. The third-order valence-corrected chi connectivity index (χ3v) is 5.28. The SMILES string of the molecule is Fc1cc(F)c2nc(-c3nc(-c4nc5c(F)cc(F)cc5o4)nc(-c4c(F)c(F)c(F)c(F)c4F)n3)oc2c1. The van der Waals surface area contributed by atoms with Crippen molar-refractivity contribution in [3.63, 3.8) is 0 Å². The largest absolute Gasteiger partial charge is 0.433 e. The van der Waals surface area contributed by atoms with Crippen LogP contribution in [0.1, 0.15) is 0 Å². The highest BCUT2D eigenvalue weighted by Gasteiger charge is 2.30. The molecule has 39 heavy (non-hydrogen) atoms. The van der Waals surface area contributed by atoms with Crippen LogP contribution in [0.4, 0.5) is 39.5 Å². The fourth-order valence-electron chi connectivity index (χ4n) is 3.59. The van der Waals surface area contributed by atoms with Crippen molar-refractivity contribution in [2.45, 2.75) is 0 Å². The molecule has 0 saturated heterocycles. The number of aromatic nitrogens is 5. The number of oxazole rings is 2. The first kappa shape index (κ1) is 24.3. The second-order valence-corrected chi connectivity index (χ2v) is 7.76. The number of fused-ring (bicyclic) bond motifs is 2. The maximum absolute atomic E-state index is 14.6. The fourth-order valence-corrected chi connectivity index (χ4v) is 3.59. The molecule has 0 atom stereocenters. The summed E-state index contributed by atoms with van der Waals surface area (Å²) in [5, 5.41) is 0. The Kier molecular flexibility index (Phi) is 5.30. The Balaban J connectivity index is 1.65. The van der Waals surface area contributed by atoms with Gasteiger partial charge in [-0.05, 0) is 0 Å². The number of rotatable bonds is 3. The summed E-state index contributed by atoms with van der Waals surface area (Å²) in [7, 11) is 0. The van der Waals surface area contributed by atoms with Crippen LogP contribution in [-0.4, -0.2) is 24.9 Å². The van der Waals surface area contributed by atoms with Crippen LogP contribution >= 0.6 is 0 Å². The molecule has 0 amide bonds. The van der Waals surface area contributed by atoms with Gasteiger partial charge in [-0.3, -0.25) is 0 Å². The zero-order valence-electron chi connectivity index (χ0n) is 18.3. The summed E-state index contributed by atoms with van der Waals surface area (Å²) in [6, 6.07) is 2.42. The molecule has 16 heteroatoms. The molecular formula is C23H4F9N5O2. The molecule has 6 aromatic rings. The van der Waals surface area contributed by atoms with Crippen LogP contribution < -0.4 is 0 Å². The van der Waals surface area contributed by atoms with Gasteiger partial charge >= 0.3 is 0 Å². The van der Waals surface area contributed by atoms with Gasteiger partial charge in [-0.2, -0.15) is 4.98 Å². The van der Waals surface area contributed by atoms with E-state index in [-0.39, 0.29) is 0 Å². The maximum atomic E-state index is 14.6. The highest BCUT2D eigenvalue weighted by Crippen LogP contribution is 2.33. The number of halogens is 9. The summed E-state index contributed by atoms with van der Waals surface area (Å²) < 4.78 is 137. The molecule has 0 N–H and O–H groups in total. The predicted octanol–water partition coefficient (Wildman–Crippen LogP) is 6.41. The minimum absolute atomic E-state index is 0.457. The van der Waals surface area contributed by atoms with Crippen LogP contribution in [0.2, 0.25) is 0 Å². The van der Waals surface area contributed by atoms with Crippen LogP contribution in [0.3, 0.4) is 0 Å². The molecule has 0 saturated carbocycles. The van der Waals surface area contributed by atoms with E-state index >= 15 is 0 Å². The second kappa shape index (κ2) is 8.50. The summed E-state index contributed by atoms with van der Waals surface area (Å²) in [6.07, 6.45) is 0. The lowest BCUT2D eigenvalue weighted by molar-refractivity contribution is 0.380. The van der Waals surface area contributed by atoms with Crippen molar-refractivity contribution < 1.29 is 48.3 Å². The highest BCUT2D eigenvalue weighted by atomic mass is 19.2. The standard InChI is InChI=1S/C23H4F9N5O2/c24-5-1-7(26)17-9(3-5)38-22(33-17)20-35-19(11-12(28)14(30)16(32)15(31)13(11)29)36-21(37-20)23-34-18-8(27)2-6(25)4-10(18)39-23/h1-4H. The van der Waals surface area contributed by atoms with E-state index < -0.39 is 109 Å². The maximum Gasteiger partial charge on any atom is 0.266 e. The van der Waals surface area contributed by atoms with Gasteiger partial charge in [0, 0.05) is 24.3 Å². The Labute approximate surface area is 207 Å². The van der Waals surface area contributed by atoms with Gasteiger partial charge in [0.15, 0.2) is 51.9 Å². The predicted molar refractivity (Wildman–Crippen MR) is 111 cm³/mol. The summed E-state index contributed by atoms with van der Waals surface area (Å²) in [6.45, 7) is 0. The summed E-state index contributed by atoms with van der Waals surface area (Å²) in [5.74, 6) is -20.4. The van der Waals surface area contributed by atoms with E-state index in [1.807, 2.05) is 0 Å². The molecular weight excluding hydrogens is 549 g/mol. The summed E-state index contributed by atoms with van der Waals surface area (Å²) in [5.41, 5.74) is -3.57. The average Bonchev–Trinajstić information content (AvgIpc) is 3.51. The van der Waals surface area contributed by atoms with Crippen LogP contribution in [0, 0.1) is 52.4 Å². The lowest BCUT2D eigenvalue weighted by Crippen LogP contribution is -2.08. The van der Waals surface area contributed by atoms with Gasteiger partial charge < -0.3 is 8.83 Å². The Morgan fingerprint density at radius 2 is 0.821 bits per heavy atom. The van der Waals surface area contributed by atoms with E-state index in [9.17, 15) is 39.5 Å². The summed E-state index contributed by atoms with van der Waals surface area (Å²) in [4.78, 5) is 18.6. The number of hydrogen-bond acceptors (Lipinski definition) is 7. The number of benzene rings is 3. The normalized spacial score (nSPS) is 11.7. The van der Waals surface area contributed by atoms with Gasteiger partial charge in [-0.25, -0.2) is 59.4 Å². The molecule has 196 valence electrons. The van der Waals surface area contributed by atoms with Crippen LogP contribution in [0.25, 0.3) is 57.0 Å². The van der Waals surface area contributed by atoms with Crippen LogP contribution in [0.5, 0.6) is 0 Å². The quantitative estimate of drug-likeness (QED) is 0.142. The Morgan fingerprint density at radius 3 is 1.26 bits per heavy atom. The molecule has 3 heterocycles. The van der Waals surface area contributed by atoms with Gasteiger partial charge in [-0.15, -0.1) is 0 Å². The van der Waals surface area contributed by atoms with Gasteiger partial charge in [0.25, 0.3) is 11.8 Å². The third kappa shape index (κ3) is 3.82. The first-order valence-electron chi connectivity index (χ1n) is 10.3. The first-order chi connectivity index (χ1) is 18.5. The molecule has 0 bridgehead atoms. The molecule has 0 fully saturated rings. The Hall–Kier alpha value is -5.02. The topological polar surface area (TPSA) is 90.7 Å². The number of nitrogens with zero attached hydrogens (tertiary/aromatic N) is 5. The van der Waals surface area contributed by atoms with Crippen molar-refractivity contribution in [1.82, 2.24) is 24.9 Å². The average molecular weight is 553 g/mol. The van der Waals surface area contributed by atoms with Gasteiger partial charge in [-0.1, -0.05) is 0 Å². The van der Waals surface area contributed by atoms with E-state index in [4.69, 9.17) is 8.83 Å². The van der Waals surface area contributed by atoms with Gasteiger partial charge in [0.05, 0.1) is 5.56 Å². The molecule has 0 spiro atoms. The van der Waals surface area contributed by atoms with Crippen molar-refractivity contribution in [1.29, 1.82) is 0 Å². The molecule has 3 aromatic carbocycles. The third-order valence-electron chi connectivity index (χ3n) is 5.28. The Morgan fingerprint density at radius 1 is 0.436 bits per heavy atom. The fraction of sp³-hybridized carbons (Fsp3) is 0. The second-order valence-electron chi connectivity index (χ2n) is 7.76. The van der Waals surface area contributed by atoms with Crippen molar-refractivity contribution in [3.05, 3.63) is 76.6 Å². The van der Waals surface area contributed by atoms with E-state index in [0.29, 0.717) is 12.1 Å². The van der Waals surface area contributed by atoms with Crippen molar-refractivity contribution in [2.75, 3.05) is 0 Å². The lowest BCUT2D eigenvalue weighted by Gasteiger charge is -2.08. The van der Waals surface area contributed by atoms with E-state index in [1.165, 1.54) is 0 Å². The molecule has 6 rings (SSSR count). The van der Waals surface area contributed by atoms with Crippen molar-refractivity contribution in [3.8, 4) is 34.8 Å². The highest BCUT2D eigenvalue weighted by molar-refractivity contribution is 5.78. The smallest absolute Gasteiger partial charge is 0.266 e. The zero-order valence-corrected chi connectivity index (χ0v) is 18.3. The molecule has 0 aliphatic carbocycles. The first-order valence-corrected chi connectivity index (χ1v) is 10.3. The zero-order chi connectivity index (χ0) is 27.7. The van der Waals surface area contributed by atoms with Crippen LogP contribution in [-0.2, 0) is 0 Å². The van der Waals surface area contributed by atoms with Crippen LogP contribution in [0.15, 0.2) is 33.1 Å². The molecule has 0 aliphatic heterocycles. The molecule has 0 aliphatic rings. The lowest BCUT2D eigenvalue weighted by atomic mass is 10.1. The molecule has 3 aromatic heterocycles. The van der Waals surface area contributed by atoms with Gasteiger partial charge in [0.1, 0.15) is 22.7 Å². The molecule has 0 radical (unpaired) electrons. The number of hydrogen-bond donors (Lipinski definition) is 0. The molecule has 0 unspecified atom stereocenters.